The van der Waals surface area contributed by atoms with Gasteiger partial charge in [0.15, 0.2) is 5.78 Å². The number of rotatable bonds is 1. The van der Waals surface area contributed by atoms with Crippen molar-refractivity contribution in [2.45, 2.75) is 0 Å². The van der Waals surface area contributed by atoms with E-state index in [0.29, 0.717) is 0 Å². The number of esters is 1. The Morgan fingerprint density at radius 2 is 1.79 bits per heavy atom. The average Bonchev–Trinajstić information content (AvgIpc) is 2.29. The smallest absolute Gasteiger partial charge is 0.341 e. The normalized spacial score (nSPS) is 15.5. The van der Waals surface area contributed by atoms with E-state index in [1.807, 2.05) is 0 Å². The molecule has 0 radical (unpaired) electrons. The molecule has 0 aromatic heterocycles. The lowest BCUT2D eigenvalue weighted by Gasteiger charge is -1.98. The third-order valence-electron chi connectivity index (χ3n) is 1.63. The lowest BCUT2D eigenvalue weighted by Crippen LogP contribution is -2.12. The van der Waals surface area contributed by atoms with Crippen LogP contribution in [0.4, 0.5) is 0 Å². The number of hydrogen-bond donors (Lipinski definition) is 0. The Hall–Kier alpha value is -1.90. The number of carbonyl (C=O) groups is 2. The summed E-state index contributed by atoms with van der Waals surface area (Å²) >= 11 is 0. The predicted octanol–water partition coefficient (Wildman–Crippen LogP) is 1.34. The van der Waals surface area contributed by atoms with Crippen LogP contribution in [0.5, 0.6) is 0 Å². The minimum atomic E-state index is -0.619. The van der Waals surface area contributed by atoms with E-state index >= 15 is 0 Å². The second-order valence-corrected chi connectivity index (χ2v) is 2.57. The van der Waals surface area contributed by atoms with Gasteiger partial charge in [0.2, 0.25) is 0 Å². The van der Waals surface area contributed by atoms with Gasteiger partial charge in [0.25, 0.3) is 0 Å². The average molecular weight is 190 g/mol. The summed E-state index contributed by atoms with van der Waals surface area (Å²) < 4.78 is 4.48. The van der Waals surface area contributed by atoms with E-state index in [2.05, 4.69) is 4.74 Å². The van der Waals surface area contributed by atoms with E-state index in [9.17, 15) is 9.59 Å². The summed E-state index contributed by atoms with van der Waals surface area (Å²) in [6.45, 7) is 0. The first kappa shape index (κ1) is 10.2. The van der Waals surface area contributed by atoms with Gasteiger partial charge >= 0.3 is 5.97 Å². The van der Waals surface area contributed by atoms with Crippen LogP contribution in [0.2, 0.25) is 0 Å². The lowest BCUT2D eigenvalue weighted by molar-refractivity contribution is -0.137. The first-order valence-electron chi connectivity index (χ1n) is 4.10. The molecule has 72 valence electrons. The maximum absolute atomic E-state index is 11.4. The molecule has 0 aliphatic heterocycles. The molecular weight excluding hydrogens is 180 g/mol. The second-order valence-electron chi connectivity index (χ2n) is 2.57. The van der Waals surface area contributed by atoms with E-state index < -0.39 is 5.97 Å². The molecule has 0 bridgehead atoms. The van der Waals surface area contributed by atoms with Gasteiger partial charge in [0, 0.05) is 0 Å². The number of carbonyl (C=O) groups excluding carboxylic acids is 2. The van der Waals surface area contributed by atoms with Gasteiger partial charge in [-0.3, -0.25) is 4.79 Å². The zero-order valence-corrected chi connectivity index (χ0v) is 7.77. The monoisotopic (exact) mass is 190 g/mol. The molecule has 0 atom stereocenters. The van der Waals surface area contributed by atoms with Crippen LogP contribution < -0.4 is 0 Å². The Labute approximate surface area is 82.1 Å². The summed E-state index contributed by atoms with van der Waals surface area (Å²) in [6, 6.07) is 0. The lowest BCUT2D eigenvalue weighted by atomic mass is 10.1. The molecular formula is C11H10O3. The second kappa shape index (κ2) is 4.97. The van der Waals surface area contributed by atoms with Crippen LogP contribution >= 0.6 is 0 Å². The molecule has 0 spiro atoms. The zero-order chi connectivity index (χ0) is 10.4. The van der Waals surface area contributed by atoms with Crippen molar-refractivity contribution < 1.29 is 14.3 Å². The molecule has 3 nitrogen and oxygen atoms in total. The van der Waals surface area contributed by atoms with E-state index in [1.165, 1.54) is 19.3 Å². The van der Waals surface area contributed by atoms with Crippen LogP contribution in [0.1, 0.15) is 0 Å². The summed E-state index contributed by atoms with van der Waals surface area (Å²) in [5.41, 5.74) is 0.0312. The van der Waals surface area contributed by atoms with Crippen molar-refractivity contribution >= 4 is 11.8 Å². The summed E-state index contributed by atoms with van der Waals surface area (Å²) in [5, 5.41) is 0. The molecule has 3 heteroatoms. The molecule has 14 heavy (non-hydrogen) atoms. The van der Waals surface area contributed by atoms with Crippen molar-refractivity contribution in [3.63, 3.8) is 0 Å². The fourth-order valence-corrected chi connectivity index (χ4v) is 0.938. The molecule has 1 rings (SSSR count). The van der Waals surface area contributed by atoms with Crippen molar-refractivity contribution in [3.8, 4) is 0 Å². The quantitative estimate of drug-likeness (QED) is 0.463. The van der Waals surface area contributed by atoms with Crippen molar-refractivity contribution in [2.24, 2.45) is 0 Å². The molecule has 1 aliphatic rings. The topological polar surface area (TPSA) is 43.4 Å². The van der Waals surface area contributed by atoms with Gasteiger partial charge < -0.3 is 4.74 Å². The number of ketones is 1. The SMILES string of the molecule is COC(=O)C1=CC=CC=CC=CC1=O. The molecule has 0 N–H and O–H groups in total. The van der Waals surface area contributed by atoms with Gasteiger partial charge in [-0.1, -0.05) is 30.4 Å². The number of ether oxygens (including phenoxy) is 1. The molecule has 0 aromatic rings. The van der Waals surface area contributed by atoms with Crippen LogP contribution in [-0.2, 0) is 14.3 Å². The standard InChI is InChI=1S/C11H10O3/c1-14-11(13)9-7-5-3-2-4-6-8-10(9)12/h2-8H,1H3. The zero-order valence-electron chi connectivity index (χ0n) is 7.77. The highest BCUT2D eigenvalue weighted by Crippen LogP contribution is 2.03. The highest BCUT2D eigenvalue weighted by Gasteiger charge is 2.15. The van der Waals surface area contributed by atoms with Gasteiger partial charge in [0.1, 0.15) is 5.57 Å². The summed E-state index contributed by atoms with van der Waals surface area (Å²) in [7, 11) is 1.24. The van der Waals surface area contributed by atoms with Gasteiger partial charge in [-0.2, -0.15) is 0 Å². The first-order chi connectivity index (χ1) is 6.75. The first-order valence-corrected chi connectivity index (χ1v) is 4.10. The third kappa shape index (κ3) is 2.55. The Kier molecular flexibility index (Phi) is 3.61. The van der Waals surface area contributed by atoms with E-state index in [-0.39, 0.29) is 11.4 Å². The number of hydrogen-bond acceptors (Lipinski definition) is 3. The number of methoxy groups -OCH3 is 1. The molecule has 0 saturated carbocycles. The minimum absolute atomic E-state index is 0.0312. The third-order valence-corrected chi connectivity index (χ3v) is 1.63. The van der Waals surface area contributed by atoms with Crippen LogP contribution in [0.25, 0.3) is 0 Å². The van der Waals surface area contributed by atoms with Crippen LogP contribution in [0.3, 0.4) is 0 Å². The van der Waals surface area contributed by atoms with Crippen LogP contribution in [0.15, 0.2) is 48.1 Å². The molecule has 0 aromatic carbocycles. The van der Waals surface area contributed by atoms with Crippen molar-refractivity contribution in [1.82, 2.24) is 0 Å². The summed E-state index contributed by atoms with van der Waals surface area (Å²) in [6.07, 6.45) is 11.2. The van der Waals surface area contributed by atoms with Gasteiger partial charge in [-0.15, -0.1) is 0 Å². The highest BCUT2D eigenvalue weighted by molar-refractivity contribution is 6.21. The van der Waals surface area contributed by atoms with E-state index in [1.54, 1.807) is 30.4 Å². The van der Waals surface area contributed by atoms with Crippen LogP contribution in [0, 0.1) is 0 Å². The fourth-order valence-electron chi connectivity index (χ4n) is 0.938. The summed E-state index contributed by atoms with van der Waals surface area (Å²) in [5.74, 6) is -0.973. The number of allylic oxidation sites excluding steroid dienone is 7. The molecule has 0 unspecified atom stereocenters. The molecule has 0 saturated heterocycles. The molecule has 0 fully saturated rings. The minimum Gasteiger partial charge on any atom is -0.465 e. The Morgan fingerprint density at radius 3 is 2.50 bits per heavy atom. The van der Waals surface area contributed by atoms with Crippen molar-refractivity contribution in [3.05, 3.63) is 48.1 Å². The highest BCUT2D eigenvalue weighted by atomic mass is 16.5. The molecule has 0 amide bonds. The van der Waals surface area contributed by atoms with Crippen LogP contribution in [-0.4, -0.2) is 18.9 Å². The Bertz CT molecular complexity index is 357. The predicted molar refractivity (Wildman–Crippen MR) is 52.5 cm³/mol. The fraction of sp³-hybridized carbons (Fsp3) is 0.0909. The maximum Gasteiger partial charge on any atom is 0.341 e. The van der Waals surface area contributed by atoms with Crippen molar-refractivity contribution in [2.75, 3.05) is 7.11 Å². The maximum atomic E-state index is 11.4. The summed E-state index contributed by atoms with van der Waals surface area (Å²) in [4.78, 5) is 22.6. The van der Waals surface area contributed by atoms with Gasteiger partial charge in [-0.05, 0) is 12.2 Å². The van der Waals surface area contributed by atoms with E-state index in [4.69, 9.17) is 0 Å². The van der Waals surface area contributed by atoms with Gasteiger partial charge in [0.05, 0.1) is 7.11 Å². The molecule has 1 aliphatic carbocycles. The molecule has 0 heterocycles. The van der Waals surface area contributed by atoms with E-state index in [0.717, 1.165) is 0 Å². The largest absolute Gasteiger partial charge is 0.465 e. The van der Waals surface area contributed by atoms with Crippen molar-refractivity contribution in [1.29, 1.82) is 0 Å². The van der Waals surface area contributed by atoms with Gasteiger partial charge in [-0.25, -0.2) is 4.79 Å². The Balaban J connectivity index is 3.01. The Morgan fingerprint density at radius 1 is 1.14 bits per heavy atom.